The number of halogens is 3. The normalized spacial score (nSPS) is 10.7. The molecule has 3 rings (SSSR count). The Morgan fingerprint density at radius 1 is 1.14 bits per heavy atom. The van der Waals surface area contributed by atoms with Crippen molar-refractivity contribution >= 4 is 34.7 Å². The lowest BCUT2D eigenvalue weighted by molar-refractivity contribution is 0.506. The molecule has 0 amide bonds. The lowest BCUT2D eigenvalue weighted by Crippen LogP contribution is -1.96. The standard InChI is InChI=1S/C14H10Cl2FN5/c1-22-12(17)10(6-19-22)8-2-4-9(5-3-8)20-13-11(15)7-18-14(16)21-13/h2-7H,1H3,(H,18,20,21). The van der Waals surface area contributed by atoms with Crippen LogP contribution >= 0.6 is 23.2 Å². The van der Waals surface area contributed by atoms with Gasteiger partial charge in [-0.1, -0.05) is 23.7 Å². The van der Waals surface area contributed by atoms with Crippen LogP contribution in [0.25, 0.3) is 11.1 Å². The summed E-state index contributed by atoms with van der Waals surface area (Å²) in [5.41, 5.74) is 1.91. The van der Waals surface area contributed by atoms with E-state index in [1.807, 2.05) is 0 Å². The fourth-order valence-corrected chi connectivity index (χ4v) is 2.19. The van der Waals surface area contributed by atoms with Crippen LogP contribution in [-0.4, -0.2) is 19.7 Å². The molecule has 0 fully saturated rings. The molecular formula is C14H10Cl2FN5. The fraction of sp³-hybridized carbons (Fsp3) is 0.0714. The van der Waals surface area contributed by atoms with E-state index in [4.69, 9.17) is 23.2 Å². The maximum atomic E-state index is 13.8. The monoisotopic (exact) mass is 337 g/mol. The molecule has 8 heteroatoms. The Hall–Kier alpha value is -2.18. The van der Waals surface area contributed by atoms with Crippen LogP contribution in [0.5, 0.6) is 0 Å². The molecule has 112 valence electrons. The minimum atomic E-state index is -0.383. The van der Waals surface area contributed by atoms with Gasteiger partial charge in [-0.25, -0.2) is 9.67 Å². The number of aryl methyl sites for hydroxylation is 1. The molecule has 0 bridgehead atoms. The summed E-state index contributed by atoms with van der Waals surface area (Å²) in [6.07, 6.45) is 2.90. The molecule has 1 N–H and O–H groups in total. The molecule has 0 radical (unpaired) electrons. The molecule has 2 heterocycles. The zero-order valence-corrected chi connectivity index (χ0v) is 12.9. The summed E-state index contributed by atoms with van der Waals surface area (Å²) in [4.78, 5) is 7.78. The highest BCUT2D eigenvalue weighted by atomic mass is 35.5. The predicted octanol–water partition coefficient (Wildman–Crippen LogP) is 4.07. The summed E-state index contributed by atoms with van der Waals surface area (Å²) in [5.74, 6) is 0.0216. The van der Waals surface area contributed by atoms with Gasteiger partial charge in [-0.05, 0) is 29.3 Å². The van der Waals surface area contributed by atoms with Crippen molar-refractivity contribution < 1.29 is 4.39 Å². The summed E-state index contributed by atoms with van der Waals surface area (Å²) in [5, 5.41) is 7.36. The lowest BCUT2D eigenvalue weighted by atomic mass is 10.1. The topological polar surface area (TPSA) is 55.6 Å². The van der Waals surface area contributed by atoms with Crippen molar-refractivity contribution in [1.82, 2.24) is 19.7 Å². The zero-order valence-electron chi connectivity index (χ0n) is 11.4. The second kappa shape index (κ2) is 5.90. The van der Waals surface area contributed by atoms with Crippen LogP contribution in [0.4, 0.5) is 15.9 Å². The van der Waals surface area contributed by atoms with E-state index in [1.54, 1.807) is 31.3 Å². The highest BCUT2D eigenvalue weighted by Gasteiger charge is 2.10. The van der Waals surface area contributed by atoms with Gasteiger partial charge >= 0.3 is 0 Å². The quantitative estimate of drug-likeness (QED) is 0.732. The Morgan fingerprint density at radius 3 is 2.50 bits per heavy atom. The number of hydrogen-bond donors (Lipinski definition) is 1. The van der Waals surface area contributed by atoms with E-state index in [1.165, 1.54) is 17.1 Å². The Labute approximate surface area is 135 Å². The van der Waals surface area contributed by atoms with Gasteiger partial charge in [0.15, 0.2) is 5.82 Å². The molecule has 3 aromatic rings. The van der Waals surface area contributed by atoms with E-state index in [9.17, 15) is 4.39 Å². The molecule has 2 aromatic heterocycles. The largest absolute Gasteiger partial charge is 0.339 e. The van der Waals surface area contributed by atoms with Gasteiger partial charge < -0.3 is 5.32 Å². The Balaban J connectivity index is 1.85. The van der Waals surface area contributed by atoms with Crippen LogP contribution in [-0.2, 0) is 7.05 Å². The van der Waals surface area contributed by atoms with Gasteiger partial charge in [0.05, 0.1) is 18.0 Å². The molecule has 0 saturated heterocycles. The summed E-state index contributed by atoms with van der Waals surface area (Å²) in [6.45, 7) is 0. The third kappa shape index (κ3) is 2.88. The van der Waals surface area contributed by atoms with E-state index < -0.39 is 0 Å². The number of aromatic nitrogens is 4. The second-order valence-electron chi connectivity index (χ2n) is 4.51. The average molecular weight is 338 g/mol. The van der Waals surface area contributed by atoms with Crippen molar-refractivity contribution in [2.45, 2.75) is 0 Å². The molecule has 5 nitrogen and oxygen atoms in total. The first kappa shape index (κ1) is 14.7. The van der Waals surface area contributed by atoms with Crippen LogP contribution in [0, 0.1) is 5.95 Å². The maximum Gasteiger partial charge on any atom is 0.224 e. The third-order valence-electron chi connectivity index (χ3n) is 3.04. The SMILES string of the molecule is Cn1ncc(-c2ccc(Nc3nc(Cl)ncc3Cl)cc2)c1F. The first-order chi connectivity index (χ1) is 10.5. The molecule has 22 heavy (non-hydrogen) atoms. The number of benzene rings is 1. The van der Waals surface area contributed by atoms with Gasteiger partial charge in [0.1, 0.15) is 5.02 Å². The molecule has 1 aromatic carbocycles. The third-order valence-corrected chi connectivity index (χ3v) is 3.50. The Kier molecular flexibility index (Phi) is 3.96. The van der Waals surface area contributed by atoms with Crippen molar-refractivity contribution in [3.63, 3.8) is 0 Å². The van der Waals surface area contributed by atoms with Crippen molar-refractivity contribution in [2.75, 3.05) is 5.32 Å². The zero-order chi connectivity index (χ0) is 15.7. The summed E-state index contributed by atoms with van der Waals surface area (Å²) < 4.78 is 15.0. The Morgan fingerprint density at radius 2 is 1.86 bits per heavy atom. The van der Waals surface area contributed by atoms with E-state index in [-0.39, 0.29) is 11.2 Å². The van der Waals surface area contributed by atoms with Crippen molar-refractivity contribution in [3.05, 3.63) is 52.9 Å². The minimum Gasteiger partial charge on any atom is -0.339 e. The maximum absolute atomic E-state index is 13.8. The van der Waals surface area contributed by atoms with E-state index in [0.717, 1.165) is 11.3 Å². The first-order valence-electron chi connectivity index (χ1n) is 6.27. The summed E-state index contributed by atoms with van der Waals surface area (Å²) in [6, 6.07) is 7.13. The second-order valence-corrected chi connectivity index (χ2v) is 5.26. The molecule has 0 aliphatic heterocycles. The smallest absolute Gasteiger partial charge is 0.224 e. The highest BCUT2D eigenvalue weighted by molar-refractivity contribution is 6.33. The van der Waals surface area contributed by atoms with Gasteiger partial charge in [0, 0.05) is 12.7 Å². The molecule has 0 aliphatic carbocycles. The van der Waals surface area contributed by atoms with Gasteiger partial charge in [0.2, 0.25) is 11.2 Å². The van der Waals surface area contributed by atoms with Crippen molar-refractivity contribution in [3.8, 4) is 11.1 Å². The Bertz CT molecular complexity index is 817. The minimum absolute atomic E-state index is 0.0981. The molecule has 0 saturated carbocycles. The predicted molar refractivity (Wildman–Crippen MR) is 83.9 cm³/mol. The van der Waals surface area contributed by atoms with Gasteiger partial charge in [-0.3, -0.25) is 0 Å². The summed E-state index contributed by atoms with van der Waals surface area (Å²) >= 11 is 11.7. The van der Waals surface area contributed by atoms with Crippen molar-refractivity contribution in [1.29, 1.82) is 0 Å². The van der Waals surface area contributed by atoms with Gasteiger partial charge in [-0.2, -0.15) is 14.5 Å². The summed E-state index contributed by atoms with van der Waals surface area (Å²) in [7, 11) is 1.55. The average Bonchev–Trinajstić information content (AvgIpc) is 2.84. The van der Waals surface area contributed by atoms with Crippen LogP contribution in [0.15, 0.2) is 36.7 Å². The number of nitrogens with one attached hydrogen (secondary N) is 1. The number of hydrogen-bond acceptors (Lipinski definition) is 4. The van der Waals surface area contributed by atoms with Gasteiger partial charge in [0.25, 0.3) is 0 Å². The molecule has 0 atom stereocenters. The molecule has 0 unspecified atom stereocenters. The molecule has 0 aliphatic rings. The fourth-order valence-electron chi connectivity index (χ4n) is 1.92. The lowest BCUT2D eigenvalue weighted by Gasteiger charge is -2.08. The molecule has 0 spiro atoms. The van der Waals surface area contributed by atoms with Crippen molar-refractivity contribution in [2.24, 2.45) is 7.05 Å². The van der Waals surface area contributed by atoms with Crippen LogP contribution < -0.4 is 5.32 Å². The van der Waals surface area contributed by atoms with Crippen LogP contribution in [0.3, 0.4) is 0 Å². The number of rotatable bonds is 3. The van der Waals surface area contributed by atoms with Crippen LogP contribution in [0.2, 0.25) is 10.3 Å². The highest BCUT2D eigenvalue weighted by Crippen LogP contribution is 2.27. The van der Waals surface area contributed by atoms with E-state index >= 15 is 0 Å². The van der Waals surface area contributed by atoms with Gasteiger partial charge in [-0.15, -0.1) is 0 Å². The number of nitrogens with zero attached hydrogens (tertiary/aromatic N) is 4. The first-order valence-corrected chi connectivity index (χ1v) is 7.03. The number of anilines is 2. The van der Waals surface area contributed by atoms with Crippen LogP contribution in [0.1, 0.15) is 0 Å². The molecular weight excluding hydrogens is 328 g/mol. The van der Waals surface area contributed by atoms with E-state index in [0.29, 0.717) is 16.4 Å². The van der Waals surface area contributed by atoms with E-state index in [2.05, 4.69) is 20.4 Å².